The van der Waals surface area contributed by atoms with E-state index in [9.17, 15) is 14.4 Å². The van der Waals surface area contributed by atoms with Crippen LogP contribution < -0.4 is 14.8 Å². The van der Waals surface area contributed by atoms with Crippen molar-refractivity contribution in [2.24, 2.45) is 0 Å². The van der Waals surface area contributed by atoms with E-state index in [2.05, 4.69) is 4.74 Å². The third-order valence-electron chi connectivity index (χ3n) is 2.58. The Labute approximate surface area is 133 Å². The van der Waals surface area contributed by atoms with Gasteiger partial charge in [0.2, 0.25) is 0 Å². The lowest BCUT2D eigenvalue weighted by Crippen LogP contribution is -2.40. The average molecular weight is 325 g/mol. The first-order chi connectivity index (χ1) is 11.0. The fraction of sp³-hybridized carbons (Fsp3) is 0.400. The lowest BCUT2D eigenvalue weighted by atomic mass is 10.3. The molecule has 1 aromatic carbocycles. The van der Waals surface area contributed by atoms with Gasteiger partial charge in [-0.15, -0.1) is 0 Å². The molecule has 1 atom stereocenters. The number of esters is 1. The fourth-order valence-electron chi connectivity index (χ4n) is 1.48. The van der Waals surface area contributed by atoms with Gasteiger partial charge >= 0.3 is 12.1 Å². The summed E-state index contributed by atoms with van der Waals surface area (Å²) in [4.78, 5) is 33.9. The summed E-state index contributed by atoms with van der Waals surface area (Å²) < 4.78 is 19.6. The number of methoxy groups -OCH3 is 1. The van der Waals surface area contributed by atoms with Crippen molar-refractivity contribution < 1.29 is 33.3 Å². The molecule has 0 fully saturated rings. The summed E-state index contributed by atoms with van der Waals surface area (Å²) >= 11 is 0. The third kappa shape index (κ3) is 6.68. The van der Waals surface area contributed by atoms with Gasteiger partial charge in [0.25, 0.3) is 5.91 Å². The monoisotopic (exact) mass is 325 g/mol. The van der Waals surface area contributed by atoms with E-state index in [1.807, 2.05) is 12.2 Å². The molecule has 1 N–H and O–H groups in total. The molecule has 126 valence electrons. The van der Waals surface area contributed by atoms with Crippen molar-refractivity contribution in [1.29, 1.82) is 0 Å². The van der Waals surface area contributed by atoms with E-state index < -0.39 is 24.1 Å². The molecule has 2 amide bonds. The summed E-state index contributed by atoms with van der Waals surface area (Å²) in [5.41, 5.74) is 0. The van der Waals surface area contributed by atoms with E-state index in [4.69, 9.17) is 14.2 Å². The minimum absolute atomic E-state index is 0.371. The van der Waals surface area contributed by atoms with E-state index in [0.29, 0.717) is 18.1 Å². The van der Waals surface area contributed by atoms with Crippen molar-refractivity contribution in [3.8, 4) is 11.5 Å². The summed E-state index contributed by atoms with van der Waals surface area (Å²) in [7, 11) is 1.12. The summed E-state index contributed by atoms with van der Waals surface area (Å²) in [6, 6.07) is 6.70. The van der Waals surface area contributed by atoms with Gasteiger partial charge in [-0.05, 0) is 38.1 Å². The number of carbonyl (C=O) groups is 3. The lowest BCUT2D eigenvalue weighted by molar-refractivity contribution is -0.156. The van der Waals surface area contributed by atoms with Crippen LogP contribution in [0.25, 0.3) is 0 Å². The van der Waals surface area contributed by atoms with Crippen LogP contribution in [0.3, 0.4) is 0 Å². The Morgan fingerprint density at radius 1 is 1.09 bits per heavy atom. The molecule has 8 nitrogen and oxygen atoms in total. The summed E-state index contributed by atoms with van der Waals surface area (Å²) in [6.45, 7) is 3.38. The number of ether oxygens (including phenoxy) is 4. The molecule has 0 heterocycles. The summed E-state index contributed by atoms with van der Waals surface area (Å²) in [6.07, 6.45) is -2.07. The third-order valence-corrected chi connectivity index (χ3v) is 2.58. The van der Waals surface area contributed by atoms with E-state index >= 15 is 0 Å². The minimum atomic E-state index is -1.15. The summed E-state index contributed by atoms with van der Waals surface area (Å²) in [5.74, 6) is -0.384. The Bertz CT molecular complexity index is 541. The standard InChI is InChI=1S/C15H19NO7/c1-4-21-11-5-7-12(8-6-11)22-9-13(17)23-10(2)14(18)16-15(19)20-3/h5-8,10H,4,9H2,1-3H3,(H,16,18,19)/t10-/m0/s1. The SMILES string of the molecule is CCOc1ccc(OCC(=O)O[C@@H](C)C(=O)NC(=O)OC)cc1. The topological polar surface area (TPSA) is 100 Å². The molecule has 0 saturated carbocycles. The predicted molar refractivity (Wildman–Crippen MR) is 79.2 cm³/mol. The molecule has 1 aromatic rings. The van der Waals surface area contributed by atoms with Crippen molar-refractivity contribution in [2.45, 2.75) is 20.0 Å². The van der Waals surface area contributed by atoms with Crippen molar-refractivity contribution in [1.82, 2.24) is 5.32 Å². The maximum Gasteiger partial charge on any atom is 0.413 e. The number of hydrogen-bond donors (Lipinski definition) is 1. The van der Waals surface area contributed by atoms with Crippen LogP contribution >= 0.6 is 0 Å². The maximum atomic E-state index is 11.6. The molecule has 0 radical (unpaired) electrons. The largest absolute Gasteiger partial charge is 0.494 e. The number of alkyl carbamates (subject to hydrolysis) is 1. The first-order valence-corrected chi connectivity index (χ1v) is 6.90. The highest BCUT2D eigenvalue weighted by Gasteiger charge is 2.20. The number of imide groups is 1. The molecular weight excluding hydrogens is 306 g/mol. The molecule has 1 rings (SSSR count). The predicted octanol–water partition coefficient (Wildman–Crippen LogP) is 1.28. The molecule has 0 aliphatic carbocycles. The van der Waals surface area contributed by atoms with E-state index in [1.165, 1.54) is 6.92 Å². The summed E-state index contributed by atoms with van der Waals surface area (Å²) in [5, 5.41) is 1.89. The lowest BCUT2D eigenvalue weighted by Gasteiger charge is -2.13. The molecule has 0 aromatic heterocycles. The van der Waals surface area contributed by atoms with Crippen LogP contribution in [0.1, 0.15) is 13.8 Å². The van der Waals surface area contributed by atoms with Crippen LogP contribution in [0.15, 0.2) is 24.3 Å². The van der Waals surface area contributed by atoms with Gasteiger partial charge in [-0.2, -0.15) is 0 Å². The van der Waals surface area contributed by atoms with Crippen LogP contribution in [0.4, 0.5) is 4.79 Å². The number of carbonyl (C=O) groups excluding carboxylic acids is 3. The second-order valence-electron chi connectivity index (χ2n) is 4.31. The van der Waals surface area contributed by atoms with Gasteiger partial charge in [0.15, 0.2) is 12.7 Å². The fourth-order valence-corrected chi connectivity index (χ4v) is 1.48. The van der Waals surface area contributed by atoms with Gasteiger partial charge in [0, 0.05) is 0 Å². The van der Waals surface area contributed by atoms with Crippen LogP contribution in [0.5, 0.6) is 11.5 Å². The van der Waals surface area contributed by atoms with Crippen molar-refractivity contribution in [3.05, 3.63) is 24.3 Å². The zero-order valence-corrected chi connectivity index (χ0v) is 13.2. The number of nitrogens with one attached hydrogen (secondary N) is 1. The Morgan fingerprint density at radius 2 is 1.65 bits per heavy atom. The van der Waals surface area contributed by atoms with Crippen LogP contribution in [0, 0.1) is 0 Å². The Morgan fingerprint density at radius 3 is 2.17 bits per heavy atom. The molecule has 8 heteroatoms. The van der Waals surface area contributed by atoms with E-state index in [0.717, 1.165) is 7.11 Å². The normalized spacial score (nSPS) is 11.1. The Kier molecular flexibility index (Phi) is 7.38. The molecule has 0 spiro atoms. The average Bonchev–Trinajstić information content (AvgIpc) is 2.54. The highest BCUT2D eigenvalue weighted by Crippen LogP contribution is 2.17. The van der Waals surface area contributed by atoms with Gasteiger partial charge in [-0.3, -0.25) is 10.1 Å². The Balaban J connectivity index is 2.38. The van der Waals surface area contributed by atoms with Crippen LogP contribution in [0.2, 0.25) is 0 Å². The highest BCUT2D eigenvalue weighted by molar-refractivity contribution is 5.95. The van der Waals surface area contributed by atoms with Crippen molar-refractivity contribution in [3.63, 3.8) is 0 Å². The van der Waals surface area contributed by atoms with E-state index in [1.54, 1.807) is 24.3 Å². The molecule has 0 bridgehead atoms. The minimum Gasteiger partial charge on any atom is -0.494 e. The number of rotatable bonds is 7. The number of benzene rings is 1. The second kappa shape index (κ2) is 9.29. The Hall–Kier alpha value is -2.77. The molecular formula is C15H19NO7. The zero-order chi connectivity index (χ0) is 17.2. The van der Waals surface area contributed by atoms with Crippen LogP contribution in [-0.4, -0.2) is 44.4 Å². The highest BCUT2D eigenvalue weighted by atomic mass is 16.6. The maximum absolute atomic E-state index is 11.6. The first kappa shape index (κ1) is 18.3. The smallest absolute Gasteiger partial charge is 0.413 e. The van der Waals surface area contributed by atoms with Crippen molar-refractivity contribution in [2.75, 3.05) is 20.3 Å². The van der Waals surface area contributed by atoms with Crippen LogP contribution in [-0.2, 0) is 19.1 Å². The van der Waals surface area contributed by atoms with Gasteiger partial charge in [-0.1, -0.05) is 0 Å². The molecule has 23 heavy (non-hydrogen) atoms. The second-order valence-corrected chi connectivity index (χ2v) is 4.31. The van der Waals surface area contributed by atoms with Gasteiger partial charge < -0.3 is 18.9 Å². The molecule has 0 unspecified atom stereocenters. The molecule has 0 aliphatic rings. The van der Waals surface area contributed by atoms with E-state index in [-0.39, 0.29) is 6.61 Å². The quantitative estimate of drug-likeness (QED) is 0.754. The van der Waals surface area contributed by atoms with Gasteiger partial charge in [0.05, 0.1) is 13.7 Å². The van der Waals surface area contributed by atoms with Gasteiger partial charge in [-0.25, -0.2) is 9.59 Å². The zero-order valence-electron chi connectivity index (χ0n) is 13.2. The molecule has 0 aliphatic heterocycles. The van der Waals surface area contributed by atoms with Gasteiger partial charge in [0.1, 0.15) is 11.5 Å². The molecule has 0 saturated heterocycles. The van der Waals surface area contributed by atoms with Crippen molar-refractivity contribution >= 4 is 18.0 Å². The first-order valence-electron chi connectivity index (χ1n) is 6.90. The number of amides is 2. The number of hydrogen-bond acceptors (Lipinski definition) is 7.